The summed E-state index contributed by atoms with van der Waals surface area (Å²) < 4.78 is 4.92. The van der Waals surface area contributed by atoms with Gasteiger partial charge in [0.1, 0.15) is 16.5 Å². The van der Waals surface area contributed by atoms with Crippen molar-refractivity contribution in [3.63, 3.8) is 0 Å². The number of hydrogen-bond acceptors (Lipinski definition) is 4. The second-order valence-corrected chi connectivity index (χ2v) is 2.74. The van der Waals surface area contributed by atoms with Crippen molar-refractivity contribution in [3.05, 3.63) is 46.2 Å². The van der Waals surface area contributed by atoms with Gasteiger partial charge in [-0.05, 0) is 18.2 Å². The summed E-state index contributed by atoms with van der Waals surface area (Å²) in [5, 5.41) is 10.3. The Morgan fingerprint density at radius 2 is 2.33 bits per heavy atom. The standard InChI is InChI=1S/C9H7N3O3/c13-12(14)9-4-2-7(15-9)1-3-8-10-5-6-11-8/h1-6H,(H,10,11)/b3-1-. The van der Waals surface area contributed by atoms with E-state index in [1.165, 1.54) is 12.1 Å². The number of imidazole rings is 1. The average Bonchev–Trinajstić information content (AvgIpc) is 2.86. The van der Waals surface area contributed by atoms with Gasteiger partial charge in [0.2, 0.25) is 0 Å². The molecule has 0 bridgehead atoms. The zero-order chi connectivity index (χ0) is 10.7. The zero-order valence-electron chi connectivity index (χ0n) is 7.58. The molecule has 6 heteroatoms. The first-order valence-electron chi connectivity index (χ1n) is 4.17. The van der Waals surface area contributed by atoms with Crippen LogP contribution in [0.1, 0.15) is 11.6 Å². The molecule has 0 radical (unpaired) electrons. The van der Waals surface area contributed by atoms with Crippen LogP contribution in [-0.4, -0.2) is 14.9 Å². The fourth-order valence-corrected chi connectivity index (χ4v) is 1.06. The third-order valence-corrected chi connectivity index (χ3v) is 1.72. The molecule has 0 aromatic carbocycles. The summed E-state index contributed by atoms with van der Waals surface area (Å²) >= 11 is 0. The molecule has 0 fully saturated rings. The Morgan fingerprint density at radius 3 is 2.93 bits per heavy atom. The van der Waals surface area contributed by atoms with Crippen LogP contribution in [0.15, 0.2) is 28.9 Å². The van der Waals surface area contributed by atoms with E-state index in [4.69, 9.17) is 4.42 Å². The summed E-state index contributed by atoms with van der Waals surface area (Å²) in [5.74, 6) is 0.807. The smallest absolute Gasteiger partial charge is 0.401 e. The number of aromatic nitrogens is 2. The van der Waals surface area contributed by atoms with Crippen LogP contribution in [0.4, 0.5) is 5.88 Å². The van der Waals surface area contributed by atoms with Crippen LogP contribution in [0.25, 0.3) is 12.2 Å². The van der Waals surface area contributed by atoms with Gasteiger partial charge >= 0.3 is 5.88 Å². The lowest BCUT2D eigenvalue weighted by atomic mass is 10.4. The normalized spacial score (nSPS) is 10.9. The summed E-state index contributed by atoms with van der Waals surface area (Å²) in [6.45, 7) is 0. The van der Waals surface area contributed by atoms with E-state index < -0.39 is 4.92 Å². The number of hydrogen-bond donors (Lipinski definition) is 1. The number of nitrogens with zero attached hydrogens (tertiary/aromatic N) is 2. The molecular weight excluding hydrogens is 198 g/mol. The Balaban J connectivity index is 2.14. The van der Waals surface area contributed by atoms with Gasteiger partial charge in [-0.2, -0.15) is 0 Å². The molecule has 1 N–H and O–H groups in total. The minimum absolute atomic E-state index is 0.269. The Kier molecular flexibility index (Phi) is 2.32. The topological polar surface area (TPSA) is 85.0 Å². The van der Waals surface area contributed by atoms with Gasteiger partial charge in [-0.25, -0.2) is 4.98 Å². The highest BCUT2D eigenvalue weighted by Gasteiger charge is 2.09. The van der Waals surface area contributed by atoms with E-state index in [1.807, 2.05) is 0 Å². The Hall–Kier alpha value is -2.37. The molecule has 0 aliphatic rings. The summed E-state index contributed by atoms with van der Waals surface area (Å²) in [4.78, 5) is 16.6. The molecule has 0 saturated heterocycles. The first kappa shape index (κ1) is 9.20. The first-order valence-corrected chi connectivity index (χ1v) is 4.17. The fraction of sp³-hybridized carbons (Fsp3) is 0. The third-order valence-electron chi connectivity index (χ3n) is 1.72. The van der Waals surface area contributed by atoms with E-state index in [0.717, 1.165) is 0 Å². The van der Waals surface area contributed by atoms with Crippen molar-refractivity contribution in [2.75, 3.05) is 0 Å². The van der Waals surface area contributed by atoms with E-state index in [1.54, 1.807) is 24.5 Å². The molecule has 0 aliphatic heterocycles. The molecule has 0 spiro atoms. The molecule has 76 valence electrons. The first-order chi connectivity index (χ1) is 7.25. The monoisotopic (exact) mass is 205 g/mol. The van der Waals surface area contributed by atoms with Gasteiger partial charge in [0.05, 0.1) is 6.07 Å². The summed E-state index contributed by atoms with van der Waals surface area (Å²) in [5.41, 5.74) is 0. The molecule has 2 rings (SSSR count). The largest absolute Gasteiger partial charge is 0.433 e. The predicted octanol–water partition coefficient (Wildman–Crippen LogP) is 2.08. The van der Waals surface area contributed by atoms with E-state index >= 15 is 0 Å². The Labute approximate surface area is 84.4 Å². The van der Waals surface area contributed by atoms with Crippen molar-refractivity contribution in [2.24, 2.45) is 0 Å². The average molecular weight is 205 g/mol. The molecule has 0 amide bonds. The van der Waals surface area contributed by atoms with Gasteiger partial charge in [-0.3, -0.25) is 10.1 Å². The molecule has 2 aromatic rings. The van der Waals surface area contributed by atoms with Crippen molar-refractivity contribution >= 4 is 18.0 Å². The number of H-pyrrole nitrogens is 1. The minimum atomic E-state index is -0.579. The van der Waals surface area contributed by atoms with Crippen LogP contribution in [0, 0.1) is 10.1 Å². The second-order valence-electron chi connectivity index (χ2n) is 2.74. The lowest BCUT2D eigenvalue weighted by Gasteiger charge is -1.84. The maximum absolute atomic E-state index is 10.3. The molecule has 0 aliphatic carbocycles. The Bertz CT molecular complexity index is 484. The summed E-state index contributed by atoms with van der Waals surface area (Å²) in [7, 11) is 0. The molecule has 0 atom stereocenters. The zero-order valence-corrected chi connectivity index (χ0v) is 7.58. The highest BCUT2D eigenvalue weighted by Crippen LogP contribution is 2.17. The highest BCUT2D eigenvalue weighted by molar-refractivity contribution is 5.64. The maximum Gasteiger partial charge on any atom is 0.433 e. The predicted molar refractivity (Wildman–Crippen MR) is 52.9 cm³/mol. The van der Waals surface area contributed by atoms with Crippen LogP contribution >= 0.6 is 0 Å². The van der Waals surface area contributed by atoms with Crippen LogP contribution < -0.4 is 0 Å². The van der Waals surface area contributed by atoms with E-state index in [9.17, 15) is 10.1 Å². The summed E-state index contributed by atoms with van der Waals surface area (Å²) in [6.07, 6.45) is 6.57. The maximum atomic E-state index is 10.3. The van der Waals surface area contributed by atoms with Gasteiger partial charge in [-0.15, -0.1) is 0 Å². The van der Waals surface area contributed by atoms with E-state index in [2.05, 4.69) is 9.97 Å². The SMILES string of the molecule is O=[N+]([O-])c1ccc(/C=C\c2ncc[nH]2)o1. The van der Waals surface area contributed by atoms with Crippen LogP contribution in [0.3, 0.4) is 0 Å². The van der Waals surface area contributed by atoms with Gasteiger partial charge < -0.3 is 9.40 Å². The molecule has 15 heavy (non-hydrogen) atoms. The second kappa shape index (κ2) is 3.79. The van der Waals surface area contributed by atoms with Crippen molar-refractivity contribution in [1.29, 1.82) is 0 Å². The number of furan rings is 1. The van der Waals surface area contributed by atoms with Crippen molar-refractivity contribution in [2.45, 2.75) is 0 Å². The number of nitro groups is 1. The molecule has 6 nitrogen and oxygen atoms in total. The van der Waals surface area contributed by atoms with Gasteiger partial charge in [0.15, 0.2) is 0 Å². The fourth-order valence-electron chi connectivity index (χ4n) is 1.06. The quantitative estimate of drug-likeness (QED) is 0.614. The van der Waals surface area contributed by atoms with Gasteiger partial charge in [-0.1, -0.05) is 0 Å². The van der Waals surface area contributed by atoms with E-state index in [0.29, 0.717) is 11.6 Å². The van der Waals surface area contributed by atoms with Gasteiger partial charge in [0, 0.05) is 12.4 Å². The van der Waals surface area contributed by atoms with Crippen molar-refractivity contribution < 1.29 is 9.34 Å². The molecular formula is C9H7N3O3. The minimum Gasteiger partial charge on any atom is -0.401 e. The molecule has 0 unspecified atom stereocenters. The number of rotatable bonds is 3. The lowest BCUT2D eigenvalue weighted by Crippen LogP contribution is -1.82. The van der Waals surface area contributed by atoms with Crippen molar-refractivity contribution in [3.8, 4) is 0 Å². The molecule has 2 heterocycles. The van der Waals surface area contributed by atoms with E-state index in [-0.39, 0.29) is 5.88 Å². The third kappa shape index (κ3) is 2.11. The van der Waals surface area contributed by atoms with Crippen LogP contribution in [-0.2, 0) is 0 Å². The highest BCUT2D eigenvalue weighted by atomic mass is 16.6. The Morgan fingerprint density at radius 1 is 1.47 bits per heavy atom. The summed E-state index contributed by atoms with van der Waals surface area (Å²) in [6, 6.07) is 2.83. The van der Waals surface area contributed by atoms with Crippen LogP contribution in [0.5, 0.6) is 0 Å². The molecule has 2 aromatic heterocycles. The molecule has 0 saturated carbocycles. The van der Waals surface area contributed by atoms with Gasteiger partial charge in [0.25, 0.3) is 0 Å². The number of aromatic amines is 1. The van der Waals surface area contributed by atoms with Crippen LogP contribution in [0.2, 0.25) is 0 Å². The van der Waals surface area contributed by atoms with Crippen molar-refractivity contribution in [1.82, 2.24) is 9.97 Å². The number of nitrogens with one attached hydrogen (secondary N) is 1. The lowest BCUT2D eigenvalue weighted by molar-refractivity contribution is -0.402.